The summed E-state index contributed by atoms with van der Waals surface area (Å²) in [5, 5.41) is 3.79. The minimum Gasteiger partial charge on any atom is -0.352 e. The Morgan fingerprint density at radius 3 is 2.45 bits per heavy atom. The van der Waals surface area contributed by atoms with Crippen LogP contribution >= 0.6 is 23.4 Å². The van der Waals surface area contributed by atoms with Gasteiger partial charge in [-0.2, -0.15) is 0 Å². The number of carbonyl (C=O) groups is 2. The van der Waals surface area contributed by atoms with Crippen LogP contribution in [-0.2, 0) is 21.9 Å². The normalized spacial score (nSPS) is 14.9. The Morgan fingerprint density at radius 2 is 1.77 bits per heavy atom. The summed E-state index contributed by atoms with van der Waals surface area (Å²) in [5.74, 6) is 1.00. The summed E-state index contributed by atoms with van der Waals surface area (Å²) in [6, 6.07) is 17.4. The molecule has 0 saturated heterocycles. The molecule has 2 aromatic carbocycles. The van der Waals surface area contributed by atoms with Crippen molar-refractivity contribution in [1.29, 1.82) is 0 Å². The van der Waals surface area contributed by atoms with Crippen LogP contribution in [0, 0.1) is 0 Å². The summed E-state index contributed by atoms with van der Waals surface area (Å²) < 4.78 is 0. The number of carbonyl (C=O) groups excluding carboxylic acids is 2. The highest BCUT2D eigenvalue weighted by atomic mass is 35.5. The first-order valence-electron chi connectivity index (χ1n) is 11.0. The first-order chi connectivity index (χ1) is 15.1. The van der Waals surface area contributed by atoms with Gasteiger partial charge in [-0.1, -0.05) is 79.9 Å². The van der Waals surface area contributed by atoms with Crippen molar-refractivity contribution in [3.05, 3.63) is 70.7 Å². The fourth-order valence-corrected chi connectivity index (χ4v) is 5.08. The lowest BCUT2D eigenvalue weighted by molar-refractivity contribution is -0.139. The van der Waals surface area contributed by atoms with Gasteiger partial charge in [-0.15, -0.1) is 11.8 Å². The lowest BCUT2D eigenvalue weighted by atomic mass is 10.1. The number of nitrogens with one attached hydrogen (secondary N) is 1. The molecule has 166 valence electrons. The number of hydrogen-bond acceptors (Lipinski definition) is 3. The number of thioether (sulfide) groups is 1. The quantitative estimate of drug-likeness (QED) is 0.515. The lowest BCUT2D eigenvalue weighted by Gasteiger charge is -2.31. The molecule has 0 aromatic heterocycles. The Labute approximate surface area is 194 Å². The summed E-state index contributed by atoms with van der Waals surface area (Å²) in [6.45, 7) is 2.30. The van der Waals surface area contributed by atoms with E-state index in [1.54, 1.807) is 16.7 Å². The van der Waals surface area contributed by atoms with E-state index < -0.39 is 6.04 Å². The first kappa shape index (κ1) is 23.7. The number of rotatable bonds is 10. The first-order valence-corrected chi connectivity index (χ1v) is 12.6. The van der Waals surface area contributed by atoms with Crippen LogP contribution in [0.5, 0.6) is 0 Å². The van der Waals surface area contributed by atoms with Gasteiger partial charge >= 0.3 is 0 Å². The van der Waals surface area contributed by atoms with Crippen LogP contribution in [0.3, 0.4) is 0 Å². The van der Waals surface area contributed by atoms with Crippen molar-refractivity contribution >= 4 is 35.2 Å². The lowest BCUT2D eigenvalue weighted by Crippen LogP contribution is -2.51. The van der Waals surface area contributed by atoms with E-state index >= 15 is 0 Å². The molecule has 3 rings (SSSR count). The zero-order valence-corrected chi connectivity index (χ0v) is 19.6. The fourth-order valence-electron chi connectivity index (χ4n) is 4.01. The Morgan fingerprint density at radius 1 is 1.10 bits per heavy atom. The highest BCUT2D eigenvalue weighted by molar-refractivity contribution is 7.99. The Hall–Kier alpha value is -1.98. The zero-order chi connectivity index (χ0) is 22.1. The van der Waals surface area contributed by atoms with Crippen molar-refractivity contribution in [2.45, 2.75) is 63.4 Å². The molecule has 0 radical (unpaired) electrons. The molecule has 1 atom stereocenters. The number of amides is 2. The highest BCUT2D eigenvalue weighted by Crippen LogP contribution is 2.23. The highest BCUT2D eigenvalue weighted by Gasteiger charge is 2.30. The zero-order valence-electron chi connectivity index (χ0n) is 18.1. The van der Waals surface area contributed by atoms with Crippen LogP contribution in [0.1, 0.15) is 50.2 Å². The third kappa shape index (κ3) is 7.01. The van der Waals surface area contributed by atoms with Gasteiger partial charge in [0.25, 0.3) is 0 Å². The van der Waals surface area contributed by atoms with Gasteiger partial charge in [0.15, 0.2) is 0 Å². The van der Waals surface area contributed by atoms with Crippen molar-refractivity contribution in [2.24, 2.45) is 0 Å². The molecule has 1 aliphatic rings. The molecule has 31 heavy (non-hydrogen) atoms. The van der Waals surface area contributed by atoms with Gasteiger partial charge in [-0.25, -0.2) is 0 Å². The van der Waals surface area contributed by atoms with Crippen LogP contribution in [0.15, 0.2) is 54.6 Å². The van der Waals surface area contributed by atoms with Crippen molar-refractivity contribution < 1.29 is 9.59 Å². The van der Waals surface area contributed by atoms with E-state index in [1.807, 2.05) is 49.4 Å². The van der Waals surface area contributed by atoms with Crippen LogP contribution < -0.4 is 5.32 Å². The van der Waals surface area contributed by atoms with Crippen LogP contribution in [0.2, 0.25) is 5.02 Å². The minimum atomic E-state index is -0.498. The van der Waals surface area contributed by atoms with E-state index in [2.05, 4.69) is 17.4 Å². The molecule has 1 aliphatic carbocycles. The van der Waals surface area contributed by atoms with Crippen molar-refractivity contribution in [3.63, 3.8) is 0 Å². The van der Waals surface area contributed by atoms with Crippen LogP contribution in [0.25, 0.3) is 0 Å². The average molecular weight is 459 g/mol. The van der Waals surface area contributed by atoms with Gasteiger partial charge in [0, 0.05) is 23.4 Å². The molecule has 4 nitrogen and oxygen atoms in total. The maximum absolute atomic E-state index is 13.3. The van der Waals surface area contributed by atoms with Gasteiger partial charge in [-0.3, -0.25) is 9.59 Å². The largest absolute Gasteiger partial charge is 0.352 e. The molecule has 0 aliphatic heterocycles. The van der Waals surface area contributed by atoms with Crippen molar-refractivity contribution in [2.75, 3.05) is 5.75 Å². The molecule has 1 N–H and O–H groups in total. The number of nitrogens with zero attached hydrogens (tertiary/aromatic N) is 1. The molecule has 6 heteroatoms. The maximum atomic E-state index is 13.3. The second kappa shape index (κ2) is 12.2. The number of halogens is 1. The topological polar surface area (TPSA) is 49.4 Å². The molecule has 0 bridgehead atoms. The van der Waals surface area contributed by atoms with Crippen molar-refractivity contribution in [1.82, 2.24) is 10.2 Å². The van der Waals surface area contributed by atoms with Crippen LogP contribution in [-0.4, -0.2) is 34.6 Å². The van der Waals surface area contributed by atoms with E-state index in [9.17, 15) is 9.59 Å². The summed E-state index contributed by atoms with van der Waals surface area (Å²) in [5.41, 5.74) is 2.04. The molecule has 0 heterocycles. The smallest absolute Gasteiger partial charge is 0.243 e. The predicted octanol–water partition coefficient (Wildman–Crippen LogP) is 5.44. The number of benzene rings is 2. The Balaban J connectivity index is 1.71. The van der Waals surface area contributed by atoms with Gasteiger partial charge < -0.3 is 10.2 Å². The molecule has 2 aromatic rings. The molecular formula is C25H31ClN2O2S. The third-order valence-electron chi connectivity index (χ3n) is 5.72. The second-order valence-electron chi connectivity index (χ2n) is 8.01. The monoisotopic (exact) mass is 458 g/mol. The summed E-state index contributed by atoms with van der Waals surface area (Å²) >= 11 is 7.95. The van der Waals surface area contributed by atoms with Gasteiger partial charge in [0.2, 0.25) is 11.8 Å². The van der Waals surface area contributed by atoms with Crippen molar-refractivity contribution in [3.8, 4) is 0 Å². The van der Waals surface area contributed by atoms with Gasteiger partial charge in [0.1, 0.15) is 6.04 Å². The average Bonchev–Trinajstić information content (AvgIpc) is 3.28. The summed E-state index contributed by atoms with van der Waals surface area (Å²) in [4.78, 5) is 28.1. The molecule has 1 fully saturated rings. The predicted molar refractivity (Wildman–Crippen MR) is 129 cm³/mol. The summed E-state index contributed by atoms with van der Waals surface area (Å²) in [7, 11) is 0. The van der Waals surface area contributed by atoms with Gasteiger partial charge in [-0.05, 0) is 36.5 Å². The van der Waals surface area contributed by atoms with E-state index in [0.717, 1.165) is 37.0 Å². The Kier molecular flexibility index (Phi) is 9.29. The maximum Gasteiger partial charge on any atom is 0.243 e. The third-order valence-corrected chi connectivity index (χ3v) is 7.08. The minimum absolute atomic E-state index is 0.0331. The second-order valence-corrected chi connectivity index (χ2v) is 9.40. The number of hydrogen-bond donors (Lipinski definition) is 1. The fraction of sp³-hybridized carbons (Fsp3) is 0.440. The van der Waals surface area contributed by atoms with E-state index in [1.165, 1.54) is 5.56 Å². The summed E-state index contributed by atoms with van der Waals surface area (Å²) in [6.07, 6.45) is 4.92. The molecule has 2 amide bonds. The van der Waals surface area contributed by atoms with Crippen LogP contribution in [0.4, 0.5) is 0 Å². The van der Waals surface area contributed by atoms with E-state index in [-0.39, 0.29) is 17.9 Å². The van der Waals surface area contributed by atoms with E-state index in [0.29, 0.717) is 23.7 Å². The molecule has 0 spiro atoms. The van der Waals surface area contributed by atoms with E-state index in [4.69, 9.17) is 11.6 Å². The molecule has 1 saturated carbocycles. The standard InChI is InChI=1S/C25H31ClN2O2S/c1-2-23(25(30)27-21-13-7-8-14-21)28(16-20-12-6-9-15-22(20)26)24(29)18-31-17-19-10-4-3-5-11-19/h3-6,9-12,15,21,23H,2,7-8,13-14,16-18H2,1H3,(H,27,30)/t23-/m0/s1. The molecule has 0 unspecified atom stereocenters. The molecular weight excluding hydrogens is 428 g/mol. The van der Waals surface area contributed by atoms with Gasteiger partial charge in [0.05, 0.1) is 5.75 Å². The SMILES string of the molecule is CC[C@@H](C(=O)NC1CCCC1)N(Cc1ccccc1Cl)C(=O)CSCc1ccccc1. The Bertz CT molecular complexity index is 856.